The van der Waals surface area contributed by atoms with Crippen LogP contribution in [0.3, 0.4) is 0 Å². The first-order chi connectivity index (χ1) is 29.2. The summed E-state index contributed by atoms with van der Waals surface area (Å²) in [5.74, 6) is 0. The van der Waals surface area contributed by atoms with Gasteiger partial charge in [0.2, 0.25) is 0 Å². The number of alkyl carbamates (subject to hydrolysis) is 2. The van der Waals surface area contributed by atoms with Gasteiger partial charge in [0.15, 0.2) is 0 Å². The van der Waals surface area contributed by atoms with E-state index in [9.17, 15) is 9.59 Å². The lowest BCUT2D eigenvalue weighted by Gasteiger charge is -2.18. The third-order valence-electron chi connectivity index (χ3n) is 8.74. The third kappa shape index (κ3) is 37.1. The van der Waals surface area contributed by atoms with Gasteiger partial charge in [-0.2, -0.15) is 0 Å². The molecule has 2 aliphatic carbocycles. The highest BCUT2D eigenvalue weighted by Crippen LogP contribution is 2.16. The summed E-state index contributed by atoms with van der Waals surface area (Å²) in [5.41, 5.74) is 0. The van der Waals surface area contributed by atoms with Crippen molar-refractivity contribution in [3.63, 3.8) is 0 Å². The fourth-order valence-electron chi connectivity index (χ4n) is 5.62. The number of rotatable bonds is 38. The molecule has 2 N–H and O–H groups in total. The second-order valence-electron chi connectivity index (χ2n) is 13.6. The summed E-state index contributed by atoms with van der Waals surface area (Å²) in [4.78, 5) is 23.9. The molecule has 2 rings (SSSR count). The van der Waals surface area contributed by atoms with Crippen molar-refractivity contribution >= 4 is 12.2 Å². The number of hydrogen-bond acceptors (Lipinski definition) is 15. The Balaban J connectivity index is 1.15. The van der Waals surface area contributed by atoms with E-state index in [1.807, 2.05) is 0 Å². The molecule has 0 unspecified atom stereocenters. The van der Waals surface area contributed by atoms with E-state index >= 15 is 0 Å². The number of allylic oxidation sites excluding steroid dienone is 4. The normalized spacial score (nSPS) is 18.2. The van der Waals surface area contributed by atoms with E-state index in [1.54, 1.807) is 0 Å². The minimum absolute atomic E-state index is 0.0118. The van der Waals surface area contributed by atoms with Gasteiger partial charge in [-0.15, -0.1) is 0 Å². The van der Waals surface area contributed by atoms with E-state index in [-0.39, 0.29) is 24.4 Å². The Morgan fingerprint density at radius 3 is 0.847 bits per heavy atom. The molecule has 0 aliphatic heterocycles. The van der Waals surface area contributed by atoms with Crippen molar-refractivity contribution in [3.05, 3.63) is 24.3 Å². The maximum Gasteiger partial charge on any atom is 0.407 e. The van der Waals surface area contributed by atoms with Gasteiger partial charge in [0.25, 0.3) is 0 Å². The summed E-state index contributed by atoms with van der Waals surface area (Å²) in [5, 5.41) is 5.48. The fourth-order valence-corrected chi connectivity index (χ4v) is 5.62. The van der Waals surface area contributed by atoms with Crippen LogP contribution in [0.2, 0.25) is 0 Å². The summed E-state index contributed by atoms with van der Waals surface area (Å²) in [7, 11) is 0. The first-order valence-corrected chi connectivity index (χ1v) is 21.8. The first kappa shape index (κ1) is 52.7. The molecule has 2 amide bonds. The standard InChI is InChI=1S/C42H76N2O15/c45-41(58-39-11-7-3-1-4-8-12-39)43-15-17-47-19-21-49-23-25-51-27-29-53-31-33-55-35-37-57-38-36-56-34-32-54-30-28-52-26-24-50-22-20-48-18-16-44-42(46)59-40-13-9-5-2-6-10-14-40/h1-3,5,39-40H,4,6-38H2,(H,43,45)(H,44,46)/b3-1-,5-2-/t39-,40-/m1/s1. The molecule has 0 bridgehead atoms. The molecule has 59 heavy (non-hydrogen) atoms. The summed E-state index contributed by atoms with van der Waals surface area (Å²) >= 11 is 0. The van der Waals surface area contributed by atoms with Crippen LogP contribution in [0.4, 0.5) is 9.59 Å². The van der Waals surface area contributed by atoms with E-state index in [1.165, 1.54) is 0 Å². The Labute approximate surface area is 352 Å². The Morgan fingerprint density at radius 1 is 0.339 bits per heavy atom. The van der Waals surface area contributed by atoms with Crippen molar-refractivity contribution < 1.29 is 71.2 Å². The van der Waals surface area contributed by atoms with Gasteiger partial charge in [-0.1, -0.05) is 24.3 Å². The lowest BCUT2D eigenvalue weighted by Crippen LogP contribution is -2.31. The molecule has 0 saturated carbocycles. The lowest BCUT2D eigenvalue weighted by atomic mass is 10.0. The lowest BCUT2D eigenvalue weighted by molar-refractivity contribution is -0.0274. The van der Waals surface area contributed by atoms with Gasteiger partial charge in [0, 0.05) is 13.1 Å². The molecular weight excluding hydrogens is 772 g/mol. The van der Waals surface area contributed by atoms with E-state index in [0.29, 0.717) is 158 Å². The van der Waals surface area contributed by atoms with E-state index in [4.69, 9.17) is 61.6 Å². The van der Waals surface area contributed by atoms with Crippen LogP contribution in [-0.2, 0) is 61.6 Å². The topological polar surface area (TPSA) is 178 Å². The first-order valence-electron chi connectivity index (χ1n) is 21.8. The Bertz CT molecular complexity index is 933. The SMILES string of the molecule is O=C(NCCOCCOCCOCCOCCOCCOCCOCCOCCOCCOCCOCCNC(=O)O[C@@H]1CC/C=C\CCC1)O[C@@H]1CC/C=C\CCC1. The number of hydrogen-bond donors (Lipinski definition) is 2. The fraction of sp³-hybridized carbons (Fsp3) is 0.857. The van der Waals surface area contributed by atoms with Crippen LogP contribution in [0.1, 0.15) is 64.2 Å². The monoisotopic (exact) mass is 849 g/mol. The van der Waals surface area contributed by atoms with Gasteiger partial charge in [0.05, 0.1) is 145 Å². The molecule has 0 fully saturated rings. The molecule has 0 saturated heterocycles. The van der Waals surface area contributed by atoms with E-state index in [0.717, 1.165) is 64.2 Å². The predicted molar refractivity (Wildman–Crippen MR) is 220 cm³/mol. The van der Waals surface area contributed by atoms with Gasteiger partial charge >= 0.3 is 12.2 Å². The maximum atomic E-state index is 11.9. The number of ether oxygens (including phenoxy) is 13. The highest BCUT2D eigenvalue weighted by atomic mass is 16.6. The minimum Gasteiger partial charge on any atom is -0.446 e. The van der Waals surface area contributed by atoms with Crippen LogP contribution >= 0.6 is 0 Å². The summed E-state index contributed by atoms with van der Waals surface area (Å²) in [6.45, 7) is 11.1. The zero-order chi connectivity index (χ0) is 41.8. The molecule has 2 aliphatic rings. The average molecular weight is 849 g/mol. The van der Waals surface area contributed by atoms with Crippen molar-refractivity contribution in [3.8, 4) is 0 Å². The van der Waals surface area contributed by atoms with Crippen LogP contribution in [0.25, 0.3) is 0 Å². The van der Waals surface area contributed by atoms with E-state index in [2.05, 4.69) is 34.9 Å². The molecule has 17 nitrogen and oxygen atoms in total. The van der Waals surface area contributed by atoms with Gasteiger partial charge < -0.3 is 72.2 Å². The molecule has 0 spiro atoms. The number of amides is 2. The zero-order valence-corrected chi connectivity index (χ0v) is 35.6. The van der Waals surface area contributed by atoms with Crippen LogP contribution in [0.15, 0.2) is 24.3 Å². The molecule has 0 aromatic heterocycles. The highest BCUT2D eigenvalue weighted by molar-refractivity contribution is 5.67. The molecule has 0 aromatic rings. The zero-order valence-electron chi connectivity index (χ0n) is 35.6. The van der Waals surface area contributed by atoms with Gasteiger partial charge in [-0.3, -0.25) is 0 Å². The number of nitrogens with one attached hydrogen (secondary N) is 2. The van der Waals surface area contributed by atoms with Crippen LogP contribution in [-0.4, -0.2) is 183 Å². The molecule has 0 aromatic carbocycles. The largest absolute Gasteiger partial charge is 0.446 e. The average Bonchev–Trinajstić information content (AvgIpc) is 3.21. The molecule has 0 heterocycles. The maximum absolute atomic E-state index is 11.9. The molecule has 2 atom stereocenters. The smallest absolute Gasteiger partial charge is 0.407 e. The van der Waals surface area contributed by atoms with Crippen molar-refractivity contribution in [2.45, 2.75) is 76.4 Å². The highest BCUT2D eigenvalue weighted by Gasteiger charge is 2.15. The summed E-state index contributed by atoms with van der Waals surface area (Å²) in [6, 6.07) is 0. The minimum atomic E-state index is -0.380. The van der Waals surface area contributed by atoms with Crippen molar-refractivity contribution in [2.24, 2.45) is 0 Å². The second kappa shape index (κ2) is 42.3. The van der Waals surface area contributed by atoms with Gasteiger partial charge in [-0.25, -0.2) is 9.59 Å². The Hall–Kier alpha value is -2.42. The molecular formula is C42H76N2O15. The molecule has 0 radical (unpaired) electrons. The van der Waals surface area contributed by atoms with Gasteiger partial charge in [0.1, 0.15) is 12.2 Å². The quantitative estimate of drug-likeness (QED) is 0.0660. The summed E-state index contributed by atoms with van der Waals surface area (Å²) in [6.07, 6.45) is 17.6. The van der Waals surface area contributed by atoms with Crippen molar-refractivity contribution in [1.82, 2.24) is 10.6 Å². The molecule has 344 valence electrons. The van der Waals surface area contributed by atoms with Crippen LogP contribution in [0, 0.1) is 0 Å². The Morgan fingerprint density at radius 2 is 0.576 bits per heavy atom. The van der Waals surface area contributed by atoms with Crippen molar-refractivity contribution in [1.29, 1.82) is 0 Å². The molecule has 17 heteroatoms. The van der Waals surface area contributed by atoms with Gasteiger partial charge in [-0.05, 0) is 64.2 Å². The predicted octanol–water partition coefficient (Wildman–Crippen LogP) is 4.40. The van der Waals surface area contributed by atoms with Crippen LogP contribution in [0.5, 0.6) is 0 Å². The number of carbonyl (C=O) groups is 2. The second-order valence-corrected chi connectivity index (χ2v) is 13.6. The third-order valence-corrected chi connectivity index (χ3v) is 8.74. The van der Waals surface area contributed by atoms with Crippen LogP contribution < -0.4 is 10.6 Å². The van der Waals surface area contributed by atoms with E-state index < -0.39 is 0 Å². The number of carbonyl (C=O) groups excluding carboxylic acids is 2. The summed E-state index contributed by atoms with van der Waals surface area (Å²) < 4.78 is 71.4. The Kier molecular flexibility index (Phi) is 37.8. The van der Waals surface area contributed by atoms with Crippen molar-refractivity contribution in [2.75, 3.05) is 158 Å².